The molecule has 0 unspecified atom stereocenters. The van der Waals surface area contributed by atoms with Crippen molar-refractivity contribution in [3.05, 3.63) is 59.5 Å². The van der Waals surface area contributed by atoms with Crippen molar-refractivity contribution in [3.8, 4) is 0 Å². The van der Waals surface area contributed by atoms with E-state index >= 15 is 0 Å². The Morgan fingerprint density at radius 2 is 2.05 bits per heavy atom. The standard InChI is InChI=1S/C17H22N2O2/c1-13(2)10-18-11-14-5-3-6-15(9-14)17(20)19-12-16-7-4-8-21-16/h3-9,13,18H,10-12H2,1-2H3,(H,19,20). The second kappa shape index (κ2) is 7.64. The molecule has 0 saturated heterocycles. The molecule has 1 aromatic heterocycles. The van der Waals surface area contributed by atoms with Crippen LogP contribution in [0.2, 0.25) is 0 Å². The number of amides is 1. The van der Waals surface area contributed by atoms with E-state index in [-0.39, 0.29) is 5.91 Å². The van der Waals surface area contributed by atoms with Crippen LogP contribution < -0.4 is 10.6 Å². The first-order chi connectivity index (χ1) is 10.1. The Bertz CT molecular complexity index is 562. The first kappa shape index (κ1) is 15.3. The first-order valence-electron chi connectivity index (χ1n) is 7.25. The van der Waals surface area contributed by atoms with Crippen molar-refractivity contribution in [2.45, 2.75) is 26.9 Å². The number of furan rings is 1. The monoisotopic (exact) mass is 286 g/mol. The normalized spacial score (nSPS) is 10.8. The molecule has 1 heterocycles. The molecule has 4 nitrogen and oxygen atoms in total. The van der Waals surface area contributed by atoms with Crippen LogP contribution in [0.5, 0.6) is 0 Å². The molecule has 0 aliphatic rings. The van der Waals surface area contributed by atoms with Crippen LogP contribution in [0, 0.1) is 5.92 Å². The van der Waals surface area contributed by atoms with Gasteiger partial charge in [0.1, 0.15) is 5.76 Å². The SMILES string of the molecule is CC(C)CNCc1cccc(C(=O)NCc2ccco2)c1. The molecule has 0 radical (unpaired) electrons. The first-order valence-corrected chi connectivity index (χ1v) is 7.25. The summed E-state index contributed by atoms with van der Waals surface area (Å²) in [5, 5.41) is 6.22. The van der Waals surface area contributed by atoms with Gasteiger partial charge in [0.05, 0.1) is 12.8 Å². The molecule has 21 heavy (non-hydrogen) atoms. The van der Waals surface area contributed by atoms with Crippen molar-refractivity contribution in [2.75, 3.05) is 6.54 Å². The van der Waals surface area contributed by atoms with Crippen LogP contribution in [0.15, 0.2) is 47.1 Å². The highest BCUT2D eigenvalue weighted by Gasteiger charge is 2.07. The highest BCUT2D eigenvalue weighted by Crippen LogP contribution is 2.06. The fraction of sp³-hybridized carbons (Fsp3) is 0.353. The summed E-state index contributed by atoms with van der Waals surface area (Å²) in [6.07, 6.45) is 1.60. The van der Waals surface area contributed by atoms with Gasteiger partial charge in [-0.3, -0.25) is 4.79 Å². The summed E-state index contributed by atoms with van der Waals surface area (Å²) in [6.45, 7) is 6.49. The third-order valence-electron chi connectivity index (χ3n) is 3.07. The molecule has 1 aromatic carbocycles. The van der Waals surface area contributed by atoms with Gasteiger partial charge in [0, 0.05) is 12.1 Å². The number of carbonyl (C=O) groups excluding carboxylic acids is 1. The second-order valence-electron chi connectivity index (χ2n) is 5.49. The van der Waals surface area contributed by atoms with Crippen molar-refractivity contribution >= 4 is 5.91 Å². The summed E-state index contributed by atoms with van der Waals surface area (Å²) in [4.78, 5) is 12.1. The maximum absolute atomic E-state index is 12.1. The van der Waals surface area contributed by atoms with Gasteiger partial charge in [-0.15, -0.1) is 0 Å². The summed E-state index contributed by atoms with van der Waals surface area (Å²) in [5.74, 6) is 1.28. The molecule has 1 amide bonds. The van der Waals surface area contributed by atoms with Crippen LogP contribution in [0.25, 0.3) is 0 Å². The molecule has 2 N–H and O–H groups in total. The number of benzene rings is 1. The van der Waals surface area contributed by atoms with Gasteiger partial charge in [0.15, 0.2) is 0 Å². The predicted octanol–water partition coefficient (Wildman–Crippen LogP) is 2.96. The van der Waals surface area contributed by atoms with Crippen LogP contribution in [-0.4, -0.2) is 12.5 Å². The molecule has 2 aromatic rings. The molecule has 0 fully saturated rings. The minimum Gasteiger partial charge on any atom is -0.467 e. The number of hydrogen-bond acceptors (Lipinski definition) is 3. The smallest absolute Gasteiger partial charge is 0.251 e. The Morgan fingerprint density at radius 3 is 2.76 bits per heavy atom. The van der Waals surface area contributed by atoms with Gasteiger partial charge >= 0.3 is 0 Å². The van der Waals surface area contributed by atoms with E-state index in [1.165, 1.54) is 0 Å². The molecule has 0 saturated carbocycles. The average molecular weight is 286 g/mol. The number of carbonyl (C=O) groups is 1. The van der Waals surface area contributed by atoms with Crippen LogP contribution in [0.1, 0.15) is 35.5 Å². The van der Waals surface area contributed by atoms with E-state index in [1.54, 1.807) is 6.26 Å². The van der Waals surface area contributed by atoms with Gasteiger partial charge in [-0.25, -0.2) is 0 Å². The van der Waals surface area contributed by atoms with Gasteiger partial charge in [-0.05, 0) is 42.3 Å². The van der Waals surface area contributed by atoms with Crippen molar-refractivity contribution in [3.63, 3.8) is 0 Å². The fourth-order valence-corrected chi connectivity index (χ4v) is 2.01. The Balaban J connectivity index is 1.88. The maximum Gasteiger partial charge on any atom is 0.251 e. The quantitative estimate of drug-likeness (QED) is 0.823. The lowest BCUT2D eigenvalue weighted by atomic mass is 10.1. The molecule has 2 rings (SSSR count). The van der Waals surface area contributed by atoms with E-state index in [0.717, 1.165) is 24.4 Å². The zero-order valence-corrected chi connectivity index (χ0v) is 12.6. The Morgan fingerprint density at radius 1 is 1.19 bits per heavy atom. The van der Waals surface area contributed by atoms with Crippen molar-refractivity contribution in [1.82, 2.24) is 10.6 Å². The van der Waals surface area contributed by atoms with Crippen LogP contribution in [0.3, 0.4) is 0 Å². The highest BCUT2D eigenvalue weighted by atomic mass is 16.3. The van der Waals surface area contributed by atoms with Crippen LogP contribution >= 0.6 is 0 Å². The highest BCUT2D eigenvalue weighted by molar-refractivity contribution is 5.94. The lowest BCUT2D eigenvalue weighted by molar-refractivity contribution is 0.0948. The van der Waals surface area contributed by atoms with Crippen molar-refractivity contribution in [1.29, 1.82) is 0 Å². The Labute approximate surface area is 125 Å². The fourth-order valence-electron chi connectivity index (χ4n) is 2.01. The molecule has 0 aliphatic carbocycles. The molecule has 0 spiro atoms. The molecular weight excluding hydrogens is 264 g/mol. The van der Waals surface area contributed by atoms with Gasteiger partial charge in [0.25, 0.3) is 5.91 Å². The largest absolute Gasteiger partial charge is 0.467 e. The lowest BCUT2D eigenvalue weighted by Crippen LogP contribution is -2.23. The van der Waals surface area contributed by atoms with E-state index in [1.807, 2.05) is 36.4 Å². The molecule has 112 valence electrons. The molecule has 0 bridgehead atoms. The third-order valence-corrected chi connectivity index (χ3v) is 3.07. The van der Waals surface area contributed by atoms with E-state index < -0.39 is 0 Å². The second-order valence-corrected chi connectivity index (χ2v) is 5.49. The average Bonchev–Trinajstić information content (AvgIpc) is 2.98. The summed E-state index contributed by atoms with van der Waals surface area (Å²) < 4.78 is 5.19. The Hall–Kier alpha value is -2.07. The van der Waals surface area contributed by atoms with Gasteiger partial charge in [-0.2, -0.15) is 0 Å². The molecular formula is C17H22N2O2. The molecule has 4 heteroatoms. The molecule has 0 aliphatic heterocycles. The summed E-state index contributed by atoms with van der Waals surface area (Å²) in [6, 6.07) is 11.3. The van der Waals surface area contributed by atoms with Crippen molar-refractivity contribution in [2.24, 2.45) is 5.92 Å². The Kier molecular flexibility index (Phi) is 5.58. The summed E-state index contributed by atoms with van der Waals surface area (Å²) >= 11 is 0. The van der Waals surface area contributed by atoms with Crippen molar-refractivity contribution < 1.29 is 9.21 Å². The van der Waals surface area contributed by atoms with Gasteiger partial charge < -0.3 is 15.1 Å². The summed E-state index contributed by atoms with van der Waals surface area (Å²) in [7, 11) is 0. The van der Waals surface area contributed by atoms with E-state index in [2.05, 4.69) is 24.5 Å². The van der Waals surface area contributed by atoms with Gasteiger partial charge in [0.2, 0.25) is 0 Å². The van der Waals surface area contributed by atoms with E-state index in [9.17, 15) is 4.79 Å². The number of nitrogens with one attached hydrogen (secondary N) is 2. The zero-order chi connectivity index (χ0) is 15.1. The minimum atomic E-state index is -0.0860. The van der Waals surface area contributed by atoms with E-state index in [4.69, 9.17) is 4.42 Å². The number of rotatable bonds is 7. The predicted molar refractivity (Wildman–Crippen MR) is 82.9 cm³/mol. The van der Waals surface area contributed by atoms with Crippen LogP contribution in [-0.2, 0) is 13.1 Å². The van der Waals surface area contributed by atoms with E-state index in [0.29, 0.717) is 18.0 Å². The number of hydrogen-bond donors (Lipinski definition) is 2. The minimum absolute atomic E-state index is 0.0860. The topological polar surface area (TPSA) is 54.3 Å². The van der Waals surface area contributed by atoms with Crippen LogP contribution in [0.4, 0.5) is 0 Å². The van der Waals surface area contributed by atoms with Gasteiger partial charge in [-0.1, -0.05) is 26.0 Å². The molecule has 0 atom stereocenters. The third kappa shape index (κ3) is 5.08. The maximum atomic E-state index is 12.1. The summed E-state index contributed by atoms with van der Waals surface area (Å²) in [5.41, 5.74) is 1.78. The lowest BCUT2D eigenvalue weighted by Gasteiger charge is -2.09. The zero-order valence-electron chi connectivity index (χ0n) is 12.6.